The molecule has 1 aliphatic carbocycles. The molecule has 1 aliphatic rings. The number of hydrogen-bond donors (Lipinski definition) is 1. The van der Waals surface area contributed by atoms with Crippen molar-refractivity contribution >= 4 is 23.2 Å². The van der Waals surface area contributed by atoms with Crippen LogP contribution in [0, 0.1) is 0 Å². The minimum atomic E-state index is -2.78. The lowest BCUT2D eigenvalue weighted by Crippen LogP contribution is -2.47. The third-order valence-electron chi connectivity index (χ3n) is 5.48. The Labute approximate surface area is 216 Å². The highest BCUT2D eigenvalue weighted by Crippen LogP contribution is 2.38. The molecule has 0 saturated heterocycles. The molecule has 1 amide bonds. The molecule has 4 rings (SSSR count). The predicted octanol–water partition coefficient (Wildman–Crippen LogP) is 4.12. The average molecular weight is 538 g/mol. The highest BCUT2D eigenvalue weighted by molar-refractivity contribution is 7.13. The lowest BCUT2D eigenvalue weighted by molar-refractivity contribution is -0.0388. The van der Waals surface area contributed by atoms with Crippen LogP contribution >= 0.6 is 11.3 Å². The lowest BCUT2D eigenvalue weighted by Gasteiger charge is -2.37. The molecule has 3 aromatic heterocycles. The van der Waals surface area contributed by atoms with E-state index in [2.05, 4.69) is 25.0 Å². The molecule has 3 aromatic rings. The van der Waals surface area contributed by atoms with Gasteiger partial charge in [0.05, 0.1) is 12.3 Å². The molecule has 0 aromatic carbocycles. The molecule has 1 N–H and O–H groups in total. The zero-order chi connectivity index (χ0) is 26.8. The van der Waals surface area contributed by atoms with E-state index >= 15 is 0 Å². The van der Waals surface area contributed by atoms with Crippen molar-refractivity contribution in [2.45, 2.75) is 77.2 Å². The Kier molecular flexibility index (Phi) is 7.69. The van der Waals surface area contributed by atoms with E-state index in [9.17, 15) is 18.7 Å². The van der Waals surface area contributed by atoms with Crippen LogP contribution in [-0.2, 0) is 25.0 Å². The van der Waals surface area contributed by atoms with E-state index in [0.717, 1.165) is 0 Å². The number of ether oxygens (including phenoxy) is 2. The zero-order valence-corrected chi connectivity index (χ0v) is 21.8. The lowest BCUT2D eigenvalue weighted by atomic mass is 9.91. The number of aromatic nitrogens is 6. The Morgan fingerprint density at radius 3 is 2.59 bits per heavy atom. The second kappa shape index (κ2) is 10.6. The molecule has 200 valence electrons. The van der Waals surface area contributed by atoms with Crippen molar-refractivity contribution in [1.29, 1.82) is 0 Å². The number of hydrogen-bond acceptors (Lipinski definition) is 10. The van der Waals surface area contributed by atoms with Crippen LogP contribution < -0.4 is 9.64 Å². The molecule has 0 spiro atoms. The summed E-state index contributed by atoms with van der Waals surface area (Å²) in [6.07, 6.45) is 0.271. The number of anilines is 1. The number of aliphatic hydroxyl groups is 1. The maximum atomic E-state index is 13.9. The van der Waals surface area contributed by atoms with Gasteiger partial charge in [0.15, 0.2) is 23.3 Å². The number of carbonyl (C=O) groups is 1. The maximum absolute atomic E-state index is 13.9. The SMILES string of the molecule is Cn1cnc(COc2cc(N(C(=O)OC(C)(C)C)C3CCC(F)(F)CC3)nc(-c3nc(CO)cs3)n2)n1. The number of aliphatic hydroxyl groups excluding tert-OH is 1. The smallest absolute Gasteiger partial charge is 0.416 e. The second-order valence-electron chi connectivity index (χ2n) is 9.75. The Balaban J connectivity index is 1.73. The predicted molar refractivity (Wildman–Crippen MR) is 130 cm³/mol. The van der Waals surface area contributed by atoms with Crippen LogP contribution in [0.2, 0.25) is 0 Å². The fourth-order valence-corrected chi connectivity index (χ4v) is 4.54. The van der Waals surface area contributed by atoms with Gasteiger partial charge < -0.3 is 14.6 Å². The highest BCUT2D eigenvalue weighted by atomic mass is 32.1. The van der Waals surface area contributed by atoms with E-state index in [1.54, 1.807) is 33.2 Å². The van der Waals surface area contributed by atoms with Gasteiger partial charge in [-0.05, 0) is 33.6 Å². The summed E-state index contributed by atoms with van der Waals surface area (Å²) in [6.45, 7) is 4.92. The van der Waals surface area contributed by atoms with E-state index in [1.807, 2.05) is 0 Å². The molecule has 0 bridgehead atoms. The fraction of sp³-hybridized carbons (Fsp3) is 0.565. The Hall–Kier alpha value is -3.26. The van der Waals surface area contributed by atoms with Crippen LogP contribution in [0.1, 0.15) is 58.0 Å². The van der Waals surface area contributed by atoms with Crippen molar-refractivity contribution in [2.24, 2.45) is 7.05 Å². The van der Waals surface area contributed by atoms with E-state index < -0.39 is 23.7 Å². The molecule has 0 aliphatic heterocycles. The molecular formula is C23H29F2N7O4S. The Morgan fingerprint density at radius 1 is 1.27 bits per heavy atom. The van der Waals surface area contributed by atoms with Gasteiger partial charge in [0.2, 0.25) is 11.8 Å². The van der Waals surface area contributed by atoms with Gasteiger partial charge in [0.1, 0.15) is 17.7 Å². The van der Waals surface area contributed by atoms with Crippen molar-refractivity contribution in [1.82, 2.24) is 29.7 Å². The molecule has 11 nitrogen and oxygen atoms in total. The Bertz CT molecular complexity index is 1230. The summed E-state index contributed by atoms with van der Waals surface area (Å²) < 4.78 is 40.9. The van der Waals surface area contributed by atoms with Crippen LogP contribution in [0.5, 0.6) is 5.88 Å². The van der Waals surface area contributed by atoms with Crippen LogP contribution in [0.3, 0.4) is 0 Å². The largest absolute Gasteiger partial charge is 0.469 e. The second-order valence-corrected chi connectivity index (χ2v) is 10.6. The van der Waals surface area contributed by atoms with Crippen LogP contribution in [0.25, 0.3) is 10.8 Å². The number of aryl methyl sites for hydroxylation is 1. The van der Waals surface area contributed by atoms with E-state index in [4.69, 9.17) is 9.47 Å². The summed E-state index contributed by atoms with van der Waals surface area (Å²) in [6, 6.07) is 0.899. The molecule has 1 fully saturated rings. The number of alkyl halides is 2. The summed E-state index contributed by atoms with van der Waals surface area (Å²) in [5, 5.41) is 15.7. The first-order valence-electron chi connectivity index (χ1n) is 11.7. The fourth-order valence-electron chi connectivity index (χ4n) is 3.80. The molecular weight excluding hydrogens is 508 g/mol. The van der Waals surface area contributed by atoms with Crippen LogP contribution in [-0.4, -0.2) is 58.5 Å². The van der Waals surface area contributed by atoms with E-state index in [0.29, 0.717) is 16.5 Å². The third kappa shape index (κ3) is 6.95. The average Bonchev–Trinajstić information content (AvgIpc) is 3.46. The molecule has 1 saturated carbocycles. The number of amides is 1. The summed E-state index contributed by atoms with van der Waals surface area (Å²) in [5.41, 5.74) is -0.383. The molecule has 0 radical (unpaired) electrons. The minimum Gasteiger partial charge on any atom is -0.469 e. The highest BCUT2D eigenvalue weighted by Gasteiger charge is 2.40. The van der Waals surface area contributed by atoms with Gasteiger partial charge in [0.25, 0.3) is 0 Å². The number of halogens is 2. The van der Waals surface area contributed by atoms with Gasteiger partial charge in [0, 0.05) is 37.4 Å². The quantitative estimate of drug-likeness (QED) is 0.473. The van der Waals surface area contributed by atoms with E-state index in [-0.39, 0.29) is 56.4 Å². The van der Waals surface area contributed by atoms with Crippen molar-refractivity contribution in [3.05, 3.63) is 29.3 Å². The standard InChI is InChI=1S/C23H29F2N7O4S/c1-22(2,3)36-21(34)32(15-5-7-23(24,25)8-6-15)17-9-18(35-11-16-26-13-31(4)30-16)29-19(28-17)20-27-14(10-33)12-37-20/h9,12-13,15,33H,5-8,10-11H2,1-4H3. The van der Waals surface area contributed by atoms with E-state index in [1.165, 1.54) is 33.3 Å². The van der Waals surface area contributed by atoms with Gasteiger partial charge in [-0.25, -0.2) is 28.5 Å². The number of rotatable bonds is 7. The summed E-state index contributed by atoms with van der Waals surface area (Å²) in [5.74, 6) is -1.96. The van der Waals surface area contributed by atoms with Crippen molar-refractivity contribution in [2.75, 3.05) is 4.90 Å². The molecule has 37 heavy (non-hydrogen) atoms. The first kappa shape index (κ1) is 26.8. The van der Waals surface area contributed by atoms with Crippen molar-refractivity contribution < 1.29 is 28.2 Å². The summed E-state index contributed by atoms with van der Waals surface area (Å²) >= 11 is 1.21. The van der Waals surface area contributed by atoms with Gasteiger partial charge in [-0.2, -0.15) is 10.1 Å². The molecule has 3 heterocycles. The molecule has 14 heteroatoms. The van der Waals surface area contributed by atoms with Crippen LogP contribution in [0.15, 0.2) is 17.8 Å². The first-order valence-corrected chi connectivity index (χ1v) is 12.6. The molecule has 0 atom stereocenters. The van der Waals surface area contributed by atoms with Gasteiger partial charge in [-0.1, -0.05) is 0 Å². The maximum Gasteiger partial charge on any atom is 0.416 e. The summed E-state index contributed by atoms with van der Waals surface area (Å²) in [7, 11) is 1.73. The van der Waals surface area contributed by atoms with Gasteiger partial charge in [-0.3, -0.25) is 9.58 Å². The van der Waals surface area contributed by atoms with Crippen LogP contribution in [0.4, 0.5) is 19.4 Å². The number of thiazole rings is 1. The Morgan fingerprint density at radius 2 is 2.00 bits per heavy atom. The zero-order valence-electron chi connectivity index (χ0n) is 21.0. The third-order valence-corrected chi connectivity index (χ3v) is 6.37. The van der Waals surface area contributed by atoms with Gasteiger partial charge >= 0.3 is 6.09 Å². The topological polar surface area (TPSA) is 128 Å². The monoisotopic (exact) mass is 537 g/mol. The molecule has 0 unspecified atom stereocenters. The van der Waals surface area contributed by atoms with Crippen molar-refractivity contribution in [3.63, 3.8) is 0 Å². The van der Waals surface area contributed by atoms with Crippen molar-refractivity contribution in [3.8, 4) is 16.7 Å². The number of nitrogens with zero attached hydrogens (tertiary/aromatic N) is 7. The normalized spacial score (nSPS) is 16.0. The summed E-state index contributed by atoms with van der Waals surface area (Å²) in [4.78, 5) is 32.1. The first-order chi connectivity index (χ1) is 17.4. The van der Waals surface area contributed by atoms with Gasteiger partial charge in [-0.15, -0.1) is 11.3 Å². The minimum absolute atomic E-state index is 0.00141. The number of carbonyl (C=O) groups excluding carboxylic acids is 1.